The third-order valence-corrected chi connectivity index (χ3v) is 5.94. The lowest BCUT2D eigenvalue weighted by molar-refractivity contribution is 0.581. The number of nitrogens with zero attached hydrogens (tertiary/aromatic N) is 2. The van der Waals surface area contributed by atoms with Crippen molar-refractivity contribution in [2.45, 2.75) is 17.7 Å². The highest BCUT2D eigenvalue weighted by molar-refractivity contribution is 9.11. The maximum Gasteiger partial charge on any atom is 0.250 e. The molecule has 2 aromatic rings. The Morgan fingerprint density at radius 3 is 2.72 bits per heavy atom. The van der Waals surface area contributed by atoms with Gasteiger partial charge in [0.25, 0.3) is 0 Å². The van der Waals surface area contributed by atoms with Crippen LogP contribution in [0.5, 0.6) is 0 Å². The molecule has 0 spiro atoms. The van der Waals surface area contributed by atoms with Crippen molar-refractivity contribution < 1.29 is 8.42 Å². The summed E-state index contributed by atoms with van der Waals surface area (Å²) in [7, 11) is -1.63. The molecule has 0 aliphatic carbocycles. The first kappa shape index (κ1) is 13.7. The first-order valence-corrected chi connectivity index (χ1v) is 8.22. The van der Waals surface area contributed by atoms with Crippen molar-refractivity contribution in [2.75, 3.05) is 0 Å². The van der Waals surface area contributed by atoms with Crippen molar-refractivity contribution in [3.05, 3.63) is 33.4 Å². The van der Waals surface area contributed by atoms with Gasteiger partial charge in [-0.05, 0) is 41.1 Å². The Morgan fingerprint density at radius 2 is 2.22 bits per heavy atom. The van der Waals surface area contributed by atoms with E-state index in [4.69, 9.17) is 0 Å². The predicted octanol–water partition coefficient (Wildman–Crippen LogP) is 2.03. The first-order chi connectivity index (χ1) is 8.38. The predicted molar refractivity (Wildman–Crippen MR) is 74.0 cm³/mol. The van der Waals surface area contributed by atoms with Gasteiger partial charge in [-0.1, -0.05) is 0 Å². The van der Waals surface area contributed by atoms with E-state index in [1.807, 2.05) is 20.0 Å². The zero-order valence-electron chi connectivity index (χ0n) is 9.84. The van der Waals surface area contributed by atoms with Crippen molar-refractivity contribution in [3.8, 4) is 0 Å². The molecule has 0 atom stereocenters. The number of hydrogen-bond acceptors (Lipinski definition) is 4. The minimum absolute atomic E-state index is 0.194. The second-order valence-electron chi connectivity index (χ2n) is 3.78. The number of thiophene rings is 1. The van der Waals surface area contributed by atoms with Crippen LogP contribution in [-0.2, 0) is 23.6 Å². The lowest BCUT2D eigenvalue weighted by atomic mass is 10.4. The van der Waals surface area contributed by atoms with Crippen molar-refractivity contribution in [3.63, 3.8) is 0 Å². The first-order valence-electron chi connectivity index (χ1n) is 5.13. The van der Waals surface area contributed by atoms with Gasteiger partial charge in [0.1, 0.15) is 4.21 Å². The van der Waals surface area contributed by atoms with E-state index in [1.54, 1.807) is 16.8 Å². The highest BCUT2D eigenvalue weighted by Crippen LogP contribution is 2.25. The highest BCUT2D eigenvalue weighted by Gasteiger charge is 2.16. The number of aromatic nitrogens is 2. The molecule has 0 aliphatic heterocycles. The second-order valence-corrected chi connectivity index (χ2v) is 8.24. The maximum absolute atomic E-state index is 12.0. The molecule has 1 N–H and O–H groups in total. The molecule has 18 heavy (non-hydrogen) atoms. The van der Waals surface area contributed by atoms with Gasteiger partial charge in [-0.25, -0.2) is 13.1 Å². The summed E-state index contributed by atoms with van der Waals surface area (Å²) in [5.41, 5.74) is 1.69. The SMILES string of the molecule is Cc1cc(CNS(=O)(=O)c2ccc(Br)s2)nn1C. The van der Waals surface area contributed by atoms with Gasteiger partial charge in [0, 0.05) is 12.7 Å². The summed E-state index contributed by atoms with van der Waals surface area (Å²) >= 11 is 4.42. The van der Waals surface area contributed by atoms with E-state index in [-0.39, 0.29) is 6.54 Å². The Balaban J connectivity index is 2.10. The lowest BCUT2D eigenvalue weighted by Gasteiger charge is -2.01. The van der Waals surface area contributed by atoms with E-state index < -0.39 is 10.0 Å². The summed E-state index contributed by atoms with van der Waals surface area (Å²) in [6.07, 6.45) is 0. The van der Waals surface area contributed by atoms with Crippen molar-refractivity contribution >= 4 is 37.3 Å². The van der Waals surface area contributed by atoms with Crippen LogP contribution < -0.4 is 4.72 Å². The monoisotopic (exact) mass is 349 g/mol. The smallest absolute Gasteiger partial charge is 0.250 e. The lowest BCUT2D eigenvalue weighted by Crippen LogP contribution is -2.22. The zero-order chi connectivity index (χ0) is 13.3. The molecule has 0 aromatic carbocycles. The molecular weight excluding hydrogens is 338 g/mol. The molecule has 5 nitrogen and oxygen atoms in total. The molecule has 2 rings (SSSR count). The third kappa shape index (κ3) is 3.00. The van der Waals surface area contributed by atoms with Crippen molar-refractivity contribution in [1.82, 2.24) is 14.5 Å². The van der Waals surface area contributed by atoms with Gasteiger partial charge in [0.2, 0.25) is 10.0 Å². The number of nitrogens with one attached hydrogen (secondary N) is 1. The number of aryl methyl sites for hydroxylation is 2. The largest absolute Gasteiger partial charge is 0.273 e. The number of halogens is 1. The summed E-state index contributed by atoms with van der Waals surface area (Å²) in [4.78, 5) is 0. The van der Waals surface area contributed by atoms with Gasteiger partial charge in [-0.15, -0.1) is 11.3 Å². The summed E-state index contributed by atoms with van der Waals surface area (Å²) in [6, 6.07) is 5.14. The van der Waals surface area contributed by atoms with Crippen LogP contribution in [0.4, 0.5) is 0 Å². The molecule has 0 radical (unpaired) electrons. The molecule has 8 heteroatoms. The molecule has 2 aromatic heterocycles. The molecular formula is C10H12BrN3O2S2. The minimum Gasteiger partial charge on any atom is -0.273 e. The second kappa shape index (κ2) is 5.12. The van der Waals surface area contributed by atoms with E-state index in [0.717, 1.165) is 9.48 Å². The van der Waals surface area contributed by atoms with Crippen molar-refractivity contribution in [1.29, 1.82) is 0 Å². The van der Waals surface area contributed by atoms with E-state index in [2.05, 4.69) is 25.8 Å². The Labute approximate surface area is 118 Å². The van der Waals surface area contributed by atoms with Crippen LogP contribution >= 0.6 is 27.3 Å². The van der Waals surface area contributed by atoms with Gasteiger partial charge in [0.15, 0.2) is 0 Å². The average Bonchev–Trinajstić information content (AvgIpc) is 2.85. The fraction of sp³-hybridized carbons (Fsp3) is 0.300. The van der Waals surface area contributed by atoms with Crippen LogP contribution in [0, 0.1) is 6.92 Å². The minimum atomic E-state index is -3.45. The molecule has 0 unspecified atom stereocenters. The summed E-state index contributed by atoms with van der Waals surface area (Å²) in [6.45, 7) is 2.11. The highest BCUT2D eigenvalue weighted by atomic mass is 79.9. The third-order valence-electron chi connectivity index (χ3n) is 2.42. The molecule has 0 saturated carbocycles. The van der Waals surface area contributed by atoms with Crippen LogP contribution in [0.25, 0.3) is 0 Å². The van der Waals surface area contributed by atoms with Crippen LogP contribution in [0.2, 0.25) is 0 Å². The Morgan fingerprint density at radius 1 is 1.50 bits per heavy atom. The maximum atomic E-state index is 12.0. The van der Waals surface area contributed by atoms with Crippen LogP contribution in [0.15, 0.2) is 26.2 Å². The van der Waals surface area contributed by atoms with Gasteiger partial charge in [-0.3, -0.25) is 4.68 Å². The Bertz CT molecular complexity index is 641. The zero-order valence-corrected chi connectivity index (χ0v) is 13.1. The summed E-state index contributed by atoms with van der Waals surface area (Å²) in [5, 5.41) is 4.20. The number of sulfonamides is 1. The van der Waals surface area contributed by atoms with Crippen LogP contribution in [0.3, 0.4) is 0 Å². The van der Waals surface area contributed by atoms with E-state index in [9.17, 15) is 8.42 Å². The average molecular weight is 350 g/mol. The van der Waals surface area contributed by atoms with Crippen LogP contribution in [-0.4, -0.2) is 18.2 Å². The van der Waals surface area contributed by atoms with Gasteiger partial charge >= 0.3 is 0 Å². The molecule has 0 saturated heterocycles. The Hall–Kier alpha value is -0.700. The van der Waals surface area contributed by atoms with E-state index in [0.29, 0.717) is 9.90 Å². The van der Waals surface area contributed by atoms with Gasteiger partial charge in [-0.2, -0.15) is 5.10 Å². The molecule has 0 bridgehead atoms. The van der Waals surface area contributed by atoms with E-state index in [1.165, 1.54) is 11.3 Å². The fourth-order valence-electron chi connectivity index (χ4n) is 1.40. The quantitative estimate of drug-likeness (QED) is 0.918. The summed E-state index contributed by atoms with van der Waals surface area (Å²) < 4.78 is 29.2. The standard InChI is InChI=1S/C10H12BrN3O2S2/c1-7-5-8(13-14(7)2)6-12-18(15,16)10-4-3-9(11)17-10/h3-5,12H,6H2,1-2H3. The number of hydrogen-bond donors (Lipinski definition) is 1. The summed E-state index contributed by atoms with van der Waals surface area (Å²) in [5.74, 6) is 0. The van der Waals surface area contributed by atoms with Gasteiger partial charge in [0.05, 0.1) is 16.0 Å². The normalized spacial score (nSPS) is 11.9. The molecule has 0 aliphatic rings. The Kier molecular flexibility index (Phi) is 3.90. The topological polar surface area (TPSA) is 64.0 Å². The van der Waals surface area contributed by atoms with Crippen molar-refractivity contribution in [2.24, 2.45) is 7.05 Å². The molecule has 2 heterocycles. The fourth-order valence-corrected chi connectivity index (χ4v) is 4.46. The van der Waals surface area contributed by atoms with Crippen LogP contribution in [0.1, 0.15) is 11.4 Å². The molecule has 0 fully saturated rings. The molecule has 98 valence electrons. The van der Waals surface area contributed by atoms with Gasteiger partial charge < -0.3 is 0 Å². The van der Waals surface area contributed by atoms with E-state index >= 15 is 0 Å². The number of rotatable bonds is 4. The molecule has 0 amide bonds.